The first kappa shape index (κ1) is 48.3. The van der Waals surface area contributed by atoms with E-state index in [2.05, 4.69) is 13.8 Å². The molecule has 0 amide bonds. The molecule has 0 bridgehead atoms. The van der Waals surface area contributed by atoms with Gasteiger partial charge < -0.3 is 24.2 Å². The minimum absolute atomic E-state index is 0. The first-order valence-electron chi connectivity index (χ1n) is 18.9. The van der Waals surface area contributed by atoms with Crippen LogP contribution in [0.3, 0.4) is 0 Å². The van der Waals surface area contributed by atoms with E-state index in [0.717, 1.165) is 44.9 Å². The molecule has 10 nitrogen and oxygen atoms in total. The van der Waals surface area contributed by atoms with E-state index in [-0.39, 0.29) is 77.4 Å². The third-order valence-electron chi connectivity index (χ3n) is 8.93. The summed E-state index contributed by atoms with van der Waals surface area (Å²) in [6.07, 6.45) is 15.4. The van der Waals surface area contributed by atoms with E-state index in [9.17, 15) is 36.2 Å². The van der Waals surface area contributed by atoms with Gasteiger partial charge in [-0.15, -0.1) is 0 Å². The molecular formula is C42H54CaO10S2. The minimum Gasteiger partial charge on any atom is -0.870 e. The molecule has 4 aromatic rings. The summed E-state index contributed by atoms with van der Waals surface area (Å²) in [6.45, 7) is 4.33. The van der Waals surface area contributed by atoms with E-state index in [1.54, 1.807) is 48.5 Å². The van der Waals surface area contributed by atoms with Crippen molar-refractivity contribution >= 4 is 58.0 Å². The number of ether oxygens (including phenoxy) is 2. The predicted molar refractivity (Wildman–Crippen MR) is 214 cm³/mol. The van der Waals surface area contributed by atoms with Gasteiger partial charge in [-0.2, -0.15) is 8.42 Å². The average Bonchev–Trinajstić information content (AvgIpc) is 3.13. The van der Waals surface area contributed by atoms with E-state index in [1.165, 1.54) is 62.8 Å². The van der Waals surface area contributed by atoms with E-state index < -0.39 is 30.9 Å². The summed E-state index contributed by atoms with van der Waals surface area (Å²) < 4.78 is 78.8. The Balaban J connectivity index is 0.000000373. The van der Waals surface area contributed by atoms with Gasteiger partial charge in [-0.1, -0.05) is 133 Å². The smallest absolute Gasteiger partial charge is 0.870 e. The van der Waals surface area contributed by atoms with E-state index in [1.807, 2.05) is 12.1 Å². The SMILES string of the molecule is CCCCCCCCCc1c(S(=O)(=O)O)ccc(Oc2ccccc2)c1O.CCCCCCCCCc1c(S(=O)(=O)[O-])ccc(Oc2ccccc2)c1[O-].[Ca+2]. The zero-order valence-corrected chi connectivity index (χ0v) is 35.9. The van der Waals surface area contributed by atoms with Gasteiger partial charge in [-0.05, 0) is 79.8 Å². The van der Waals surface area contributed by atoms with Crippen molar-refractivity contribution < 1.29 is 45.6 Å². The van der Waals surface area contributed by atoms with Crippen LogP contribution < -0.4 is 14.6 Å². The molecular weight excluding hydrogens is 769 g/mol. The van der Waals surface area contributed by atoms with Gasteiger partial charge in [0, 0.05) is 5.56 Å². The second-order valence-electron chi connectivity index (χ2n) is 13.3. The molecule has 0 saturated carbocycles. The first-order chi connectivity index (χ1) is 25.9. The standard InChI is InChI=1S/2C21H28O5S.Ca/c2*1-2-3-4-5-6-7-11-14-18-20(27(23,24)25)16-15-19(21(18)22)26-17-12-9-8-10-13-17;/h2*8-10,12-13,15-16,22H,2-7,11,14H2,1H3,(H,23,24,25);/q;;+2/p-2. The van der Waals surface area contributed by atoms with Crippen molar-refractivity contribution in [3.05, 3.63) is 96.1 Å². The number of hydrogen-bond donors (Lipinski definition) is 2. The molecule has 0 heterocycles. The molecule has 0 aliphatic heterocycles. The summed E-state index contributed by atoms with van der Waals surface area (Å²) in [5.74, 6) is 0.461. The van der Waals surface area contributed by atoms with Gasteiger partial charge in [0.25, 0.3) is 10.1 Å². The van der Waals surface area contributed by atoms with Crippen LogP contribution in [0.5, 0.6) is 34.5 Å². The van der Waals surface area contributed by atoms with Crippen LogP contribution in [0.25, 0.3) is 0 Å². The quantitative estimate of drug-likeness (QED) is 0.0441. The molecule has 0 unspecified atom stereocenters. The molecule has 0 spiro atoms. The molecule has 4 rings (SSSR count). The summed E-state index contributed by atoms with van der Waals surface area (Å²) in [5, 5.41) is 23.3. The Morgan fingerprint density at radius 3 is 1.40 bits per heavy atom. The molecule has 0 atom stereocenters. The van der Waals surface area contributed by atoms with Crippen LogP contribution in [0.4, 0.5) is 0 Å². The Bertz CT molecular complexity index is 1780. The third-order valence-corrected chi connectivity index (χ3v) is 10.8. The van der Waals surface area contributed by atoms with Crippen LogP contribution in [0.1, 0.15) is 115 Å². The Hall–Kier alpha value is -2.84. The Kier molecular flexibility index (Phi) is 22.3. The summed E-state index contributed by atoms with van der Waals surface area (Å²) in [4.78, 5) is -0.690. The van der Waals surface area contributed by atoms with Crippen LogP contribution in [0.15, 0.2) is 94.7 Å². The maximum Gasteiger partial charge on any atom is 2.00 e. The van der Waals surface area contributed by atoms with Crippen molar-refractivity contribution in [2.75, 3.05) is 0 Å². The van der Waals surface area contributed by atoms with Gasteiger partial charge >= 0.3 is 37.7 Å². The van der Waals surface area contributed by atoms with E-state index in [0.29, 0.717) is 24.3 Å². The Labute approximate surface area is 357 Å². The molecule has 0 aromatic heterocycles. The normalized spacial score (nSPS) is 11.3. The Morgan fingerprint density at radius 2 is 0.945 bits per heavy atom. The van der Waals surface area contributed by atoms with Gasteiger partial charge in [0.1, 0.15) is 32.3 Å². The van der Waals surface area contributed by atoms with Crippen molar-refractivity contribution in [1.82, 2.24) is 0 Å². The number of phenols is 1. The van der Waals surface area contributed by atoms with Crippen LogP contribution in [0, 0.1) is 0 Å². The molecule has 0 fully saturated rings. The number of para-hydroxylation sites is 2. The van der Waals surface area contributed by atoms with Gasteiger partial charge in [0.2, 0.25) is 0 Å². The summed E-state index contributed by atoms with van der Waals surface area (Å²) in [5.41, 5.74) is 0.242. The number of hydrogen-bond acceptors (Lipinski definition) is 9. The first-order valence-corrected chi connectivity index (χ1v) is 21.8. The summed E-state index contributed by atoms with van der Waals surface area (Å²) in [7, 11) is -9.12. The van der Waals surface area contributed by atoms with E-state index in [4.69, 9.17) is 9.47 Å². The number of phenolic OH excluding ortho intramolecular Hbond substituents is 1. The molecule has 0 saturated heterocycles. The Morgan fingerprint density at radius 1 is 0.545 bits per heavy atom. The van der Waals surface area contributed by atoms with Crippen molar-refractivity contribution in [2.45, 2.75) is 126 Å². The molecule has 0 aliphatic rings. The fourth-order valence-corrected chi connectivity index (χ4v) is 7.53. The minimum atomic E-state index is -4.71. The zero-order valence-electron chi connectivity index (χ0n) is 32.1. The summed E-state index contributed by atoms with van der Waals surface area (Å²) >= 11 is 0. The third kappa shape index (κ3) is 17.0. The molecule has 0 radical (unpaired) electrons. The average molecular weight is 823 g/mol. The number of aromatic hydroxyl groups is 1. The second-order valence-corrected chi connectivity index (χ2v) is 16.0. The largest absolute Gasteiger partial charge is 2.00 e. The van der Waals surface area contributed by atoms with Crippen LogP contribution >= 0.6 is 0 Å². The predicted octanol–water partition coefficient (Wildman–Crippen LogP) is 10.1. The molecule has 2 N–H and O–H groups in total. The maximum absolute atomic E-state index is 12.7. The van der Waals surface area contributed by atoms with E-state index >= 15 is 0 Å². The number of benzene rings is 4. The van der Waals surface area contributed by atoms with Crippen molar-refractivity contribution in [3.8, 4) is 34.5 Å². The van der Waals surface area contributed by atoms with Crippen LogP contribution in [-0.4, -0.2) is 68.8 Å². The van der Waals surface area contributed by atoms with Gasteiger partial charge in [-0.25, -0.2) is 8.42 Å². The van der Waals surface area contributed by atoms with Gasteiger partial charge in [0.15, 0.2) is 11.5 Å². The molecule has 55 heavy (non-hydrogen) atoms. The molecule has 4 aromatic carbocycles. The molecule has 296 valence electrons. The van der Waals surface area contributed by atoms with Crippen molar-refractivity contribution in [2.24, 2.45) is 0 Å². The summed E-state index contributed by atoms with van der Waals surface area (Å²) in [6, 6.07) is 22.8. The van der Waals surface area contributed by atoms with Gasteiger partial charge in [-0.3, -0.25) is 4.55 Å². The second kappa shape index (κ2) is 25.4. The fraction of sp³-hybridized carbons (Fsp3) is 0.429. The molecule has 13 heteroatoms. The zero-order chi connectivity index (χ0) is 39.4. The maximum atomic E-state index is 12.7. The van der Waals surface area contributed by atoms with Crippen LogP contribution in [-0.2, 0) is 33.1 Å². The number of rotatable bonds is 22. The fourth-order valence-electron chi connectivity index (χ4n) is 6.05. The molecule has 0 aliphatic carbocycles. The monoisotopic (exact) mass is 822 g/mol. The van der Waals surface area contributed by atoms with Gasteiger partial charge in [0.05, 0.1) is 4.90 Å². The van der Waals surface area contributed by atoms with Crippen LogP contribution in [0.2, 0.25) is 0 Å². The van der Waals surface area contributed by atoms with Crippen molar-refractivity contribution in [1.29, 1.82) is 0 Å². The van der Waals surface area contributed by atoms with Crippen molar-refractivity contribution in [3.63, 3.8) is 0 Å². The number of unbranched alkanes of at least 4 members (excludes halogenated alkanes) is 12. The topological polar surface area (TPSA) is 173 Å².